The van der Waals surface area contributed by atoms with Crippen molar-refractivity contribution in [1.82, 2.24) is 14.9 Å². The van der Waals surface area contributed by atoms with Crippen molar-refractivity contribution in [3.05, 3.63) is 29.6 Å². The number of aromatic carboxylic acids is 1. The Morgan fingerprint density at radius 1 is 1.30 bits per heavy atom. The van der Waals surface area contributed by atoms with E-state index in [0.717, 1.165) is 42.9 Å². The maximum atomic E-state index is 11.3. The number of fused-ring (bicyclic) bond motifs is 1. The van der Waals surface area contributed by atoms with E-state index < -0.39 is 5.97 Å². The highest BCUT2D eigenvalue weighted by atomic mass is 32.2. The van der Waals surface area contributed by atoms with Crippen LogP contribution in [0, 0.1) is 0 Å². The van der Waals surface area contributed by atoms with Crippen LogP contribution in [0.25, 0.3) is 11.0 Å². The molecule has 2 aromatic rings. The molecule has 0 saturated carbocycles. The first kappa shape index (κ1) is 21.7. The molecule has 0 amide bonds. The van der Waals surface area contributed by atoms with Crippen molar-refractivity contribution in [2.24, 2.45) is 0 Å². The second-order valence-electron chi connectivity index (χ2n) is 6.53. The maximum Gasteiger partial charge on any atom is 0.335 e. The van der Waals surface area contributed by atoms with Crippen molar-refractivity contribution in [3.8, 4) is 0 Å². The average Bonchev–Trinajstić information content (AvgIpc) is 3.01. The van der Waals surface area contributed by atoms with Gasteiger partial charge >= 0.3 is 5.97 Å². The summed E-state index contributed by atoms with van der Waals surface area (Å²) < 4.78 is 7.71. The zero-order chi connectivity index (χ0) is 19.5. The van der Waals surface area contributed by atoms with Crippen LogP contribution in [0.4, 0.5) is 0 Å². The van der Waals surface area contributed by atoms with Gasteiger partial charge in [0.25, 0.3) is 0 Å². The Morgan fingerprint density at radius 3 is 2.89 bits per heavy atom. The number of rotatable bonds is 14. The molecule has 0 bridgehead atoms. The van der Waals surface area contributed by atoms with Crippen LogP contribution in [-0.2, 0) is 17.8 Å². The smallest absolute Gasteiger partial charge is 0.335 e. The third kappa shape index (κ3) is 6.83. The summed E-state index contributed by atoms with van der Waals surface area (Å²) in [4.78, 5) is 16.0. The molecule has 0 fully saturated rings. The number of thioether (sulfide) groups is 1. The standard InChI is InChI=1S/C20H31N3O3S/c1-3-11-26-12-10-23-18-14-16(20(24)25)7-8-17(18)22-19(23)15-21-9-5-4-6-13-27-2/h7-8,14,21H,3-6,9-13,15H2,1-2H3,(H,24,25). The molecule has 150 valence electrons. The lowest BCUT2D eigenvalue weighted by Gasteiger charge is -2.11. The van der Waals surface area contributed by atoms with E-state index in [1.165, 1.54) is 18.6 Å². The number of unbranched alkanes of at least 4 members (excludes halogenated alkanes) is 2. The number of carboxylic acid groups (broad SMARTS) is 1. The quantitative estimate of drug-likeness (QED) is 0.476. The highest BCUT2D eigenvalue weighted by Crippen LogP contribution is 2.18. The molecule has 7 heteroatoms. The molecule has 27 heavy (non-hydrogen) atoms. The number of carbonyl (C=O) groups is 1. The largest absolute Gasteiger partial charge is 0.478 e. The van der Waals surface area contributed by atoms with E-state index in [0.29, 0.717) is 19.7 Å². The van der Waals surface area contributed by atoms with Crippen molar-refractivity contribution in [1.29, 1.82) is 0 Å². The van der Waals surface area contributed by atoms with E-state index in [2.05, 4.69) is 23.1 Å². The van der Waals surface area contributed by atoms with Gasteiger partial charge in [0.05, 0.1) is 29.7 Å². The zero-order valence-electron chi connectivity index (χ0n) is 16.4. The van der Waals surface area contributed by atoms with Crippen molar-refractivity contribution >= 4 is 28.8 Å². The van der Waals surface area contributed by atoms with Crippen LogP contribution in [0.1, 0.15) is 48.8 Å². The molecule has 0 aliphatic carbocycles. The fraction of sp³-hybridized carbons (Fsp3) is 0.600. The molecule has 1 heterocycles. The number of nitrogens with zero attached hydrogens (tertiary/aromatic N) is 2. The summed E-state index contributed by atoms with van der Waals surface area (Å²) in [6.45, 7) is 5.72. The fourth-order valence-electron chi connectivity index (χ4n) is 2.97. The minimum absolute atomic E-state index is 0.284. The van der Waals surface area contributed by atoms with Crippen LogP contribution >= 0.6 is 11.8 Å². The Labute approximate surface area is 165 Å². The fourth-order valence-corrected chi connectivity index (χ4v) is 3.46. The summed E-state index contributed by atoms with van der Waals surface area (Å²) in [7, 11) is 0. The lowest BCUT2D eigenvalue weighted by Crippen LogP contribution is -2.19. The molecule has 0 saturated heterocycles. The number of aromatic nitrogens is 2. The summed E-state index contributed by atoms with van der Waals surface area (Å²) in [5, 5.41) is 12.8. The average molecular weight is 394 g/mol. The Bertz CT molecular complexity index is 718. The predicted octanol–water partition coefficient (Wildman–Crippen LogP) is 3.78. The monoisotopic (exact) mass is 393 g/mol. The molecule has 0 atom stereocenters. The zero-order valence-corrected chi connectivity index (χ0v) is 17.2. The Hall–Kier alpha value is -1.57. The first-order valence-electron chi connectivity index (χ1n) is 9.67. The molecular formula is C20H31N3O3S. The van der Waals surface area contributed by atoms with Crippen LogP contribution in [0.3, 0.4) is 0 Å². The molecule has 0 spiro atoms. The molecule has 1 aromatic heterocycles. The number of carboxylic acids is 1. The molecule has 0 radical (unpaired) electrons. The summed E-state index contributed by atoms with van der Waals surface area (Å²) in [5.41, 5.74) is 1.96. The lowest BCUT2D eigenvalue weighted by atomic mass is 10.2. The highest BCUT2D eigenvalue weighted by Gasteiger charge is 2.13. The summed E-state index contributed by atoms with van der Waals surface area (Å²) in [6, 6.07) is 5.10. The second-order valence-corrected chi connectivity index (χ2v) is 7.52. The number of imidazole rings is 1. The van der Waals surface area contributed by atoms with E-state index in [4.69, 9.17) is 9.72 Å². The number of nitrogens with one attached hydrogen (secondary N) is 1. The lowest BCUT2D eigenvalue weighted by molar-refractivity contribution is 0.0697. The van der Waals surface area contributed by atoms with E-state index in [-0.39, 0.29) is 5.56 Å². The van der Waals surface area contributed by atoms with Gasteiger partial charge in [-0.1, -0.05) is 13.3 Å². The normalized spacial score (nSPS) is 11.3. The molecule has 0 aliphatic rings. The van der Waals surface area contributed by atoms with Gasteiger partial charge in [0.1, 0.15) is 5.82 Å². The van der Waals surface area contributed by atoms with Gasteiger partial charge in [0, 0.05) is 13.2 Å². The number of benzene rings is 1. The third-order valence-electron chi connectivity index (χ3n) is 4.37. The Kier molecular flexibility index (Phi) is 9.66. The van der Waals surface area contributed by atoms with Crippen molar-refractivity contribution in [3.63, 3.8) is 0 Å². The second kappa shape index (κ2) is 12.0. The molecule has 0 aliphatic heterocycles. The SMILES string of the molecule is CCCOCCn1c(CNCCCCCSC)nc2ccc(C(=O)O)cc21. The van der Waals surface area contributed by atoms with Gasteiger partial charge in [-0.25, -0.2) is 9.78 Å². The van der Waals surface area contributed by atoms with Crippen molar-refractivity contribution in [2.75, 3.05) is 31.8 Å². The van der Waals surface area contributed by atoms with E-state index >= 15 is 0 Å². The Morgan fingerprint density at radius 2 is 2.15 bits per heavy atom. The molecule has 2 N–H and O–H groups in total. The van der Waals surface area contributed by atoms with Crippen LogP contribution in [0.15, 0.2) is 18.2 Å². The van der Waals surface area contributed by atoms with Gasteiger partial charge in [-0.3, -0.25) is 0 Å². The van der Waals surface area contributed by atoms with Crippen LogP contribution in [0.2, 0.25) is 0 Å². The van der Waals surface area contributed by atoms with Gasteiger partial charge < -0.3 is 19.7 Å². The summed E-state index contributed by atoms with van der Waals surface area (Å²) in [5.74, 6) is 1.23. The van der Waals surface area contributed by atoms with Gasteiger partial charge in [-0.15, -0.1) is 0 Å². The minimum atomic E-state index is -0.920. The van der Waals surface area contributed by atoms with Crippen molar-refractivity contribution < 1.29 is 14.6 Å². The van der Waals surface area contributed by atoms with Crippen LogP contribution < -0.4 is 5.32 Å². The molecule has 0 unspecified atom stereocenters. The first-order chi connectivity index (χ1) is 13.2. The van der Waals surface area contributed by atoms with E-state index in [9.17, 15) is 9.90 Å². The third-order valence-corrected chi connectivity index (χ3v) is 5.06. The van der Waals surface area contributed by atoms with Crippen LogP contribution in [0.5, 0.6) is 0 Å². The first-order valence-corrected chi connectivity index (χ1v) is 11.1. The minimum Gasteiger partial charge on any atom is -0.478 e. The van der Waals surface area contributed by atoms with Crippen LogP contribution in [-0.4, -0.2) is 52.4 Å². The summed E-state index contributed by atoms with van der Waals surface area (Å²) >= 11 is 1.89. The molecular weight excluding hydrogens is 362 g/mol. The van der Waals surface area contributed by atoms with E-state index in [1.807, 2.05) is 11.8 Å². The van der Waals surface area contributed by atoms with Gasteiger partial charge in [0.2, 0.25) is 0 Å². The molecule has 6 nitrogen and oxygen atoms in total. The maximum absolute atomic E-state index is 11.3. The highest BCUT2D eigenvalue weighted by molar-refractivity contribution is 7.98. The molecule has 1 aromatic carbocycles. The van der Waals surface area contributed by atoms with Gasteiger partial charge in [-0.05, 0) is 56.0 Å². The van der Waals surface area contributed by atoms with Gasteiger partial charge in [-0.2, -0.15) is 11.8 Å². The predicted molar refractivity (Wildman–Crippen MR) is 112 cm³/mol. The Balaban J connectivity index is 2.04. The molecule has 2 rings (SSSR count). The number of hydrogen-bond acceptors (Lipinski definition) is 5. The van der Waals surface area contributed by atoms with Crippen molar-refractivity contribution in [2.45, 2.75) is 45.7 Å². The number of ether oxygens (including phenoxy) is 1. The summed E-state index contributed by atoms with van der Waals surface area (Å²) in [6.07, 6.45) is 6.77. The van der Waals surface area contributed by atoms with Gasteiger partial charge in [0.15, 0.2) is 0 Å². The topological polar surface area (TPSA) is 76.4 Å². The number of hydrogen-bond donors (Lipinski definition) is 2. The van der Waals surface area contributed by atoms with E-state index in [1.54, 1.807) is 18.2 Å².